The van der Waals surface area contributed by atoms with E-state index >= 15 is 0 Å². The lowest BCUT2D eigenvalue weighted by atomic mass is 10.1. The Kier molecular flexibility index (Phi) is 3.11. The van der Waals surface area contributed by atoms with Crippen LogP contribution in [0.3, 0.4) is 0 Å². The molecule has 13 heavy (non-hydrogen) atoms. The van der Waals surface area contributed by atoms with Crippen LogP contribution in [0.15, 0.2) is 0 Å². The van der Waals surface area contributed by atoms with Crippen LogP contribution in [0.4, 0.5) is 4.79 Å². The molecule has 2 N–H and O–H groups in total. The van der Waals surface area contributed by atoms with E-state index in [2.05, 4.69) is 0 Å². The number of aliphatic carboxylic acids is 1. The average Bonchev–Trinajstić information content (AvgIpc) is 2.27. The van der Waals surface area contributed by atoms with Crippen LogP contribution in [0.2, 0.25) is 0 Å². The van der Waals surface area contributed by atoms with Gasteiger partial charge in [-0.2, -0.15) is 0 Å². The van der Waals surface area contributed by atoms with E-state index in [0.29, 0.717) is 13.0 Å². The topological polar surface area (TPSA) is 77.8 Å². The van der Waals surface area contributed by atoms with Crippen LogP contribution in [0.5, 0.6) is 0 Å². The van der Waals surface area contributed by atoms with E-state index in [4.69, 9.17) is 10.2 Å². The summed E-state index contributed by atoms with van der Waals surface area (Å²) >= 11 is 0. The fraction of sp³-hybridized carbons (Fsp3) is 0.750. The van der Waals surface area contributed by atoms with Crippen LogP contribution in [0.1, 0.15) is 25.7 Å². The Bertz CT molecular complexity index is 194. The molecule has 0 unspecified atom stereocenters. The molecule has 1 saturated heterocycles. The molecule has 1 amide bonds. The van der Waals surface area contributed by atoms with Gasteiger partial charge in [-0.25, -0.2) is 9.59 Å². The van der Waals surface area contributed by atoms with Crippen molar-refractivity contribution in [1.29, 1.82) is 0 Å². The molecule has 1 atom stereocenters. The molecule has 1 aliphatic rings. The molecule has 0 aliphatic carbocycles. The Morgan fingerprint density at radius 2 is 1.85 bits per heavy atom. The Morgan fingerprint density at radius 1 is 1.15 bits per heavy atom. The molecule has 5 heteroatoms. The first-order chi connectivity index (χ1) is 6.13. The number of carboxylic acids is 1. The first-order valence-corrected chi connectivity index (χ1v) is 4.35. The molecule has 0 saturated carbocycles. The predicted octanol–water partition coefficient (Wildman–Crippen LogP) is 0.994. The number of carboxylic acid groups (broad SMARTS) is 2. The molecule has 0 aromatic carbocycles. The van der Waals surface area contributed by atoms with Crippen molar-refractivity contribution in [1.82, 2.24) is 4.90 Å². The van der Waals surface area contributed by atoms with E-state index < -0.39 is 18.1 Å². The molecule has 0 bridgehead atoms. The van der Waals surface area contributed by atoms with Gasteiger partial charge in [0.15, 0.2) is 0 Å². The van der Waals surface area contributed by atoms with Gasteiger partial charge in [0.1, 0.15) is 6.04 Å². The first-order valence-electron chi connectivity index (χ1n) is 4.35. The monoisotopic (exact) mass is 187 g/mol. The predicted molar refractivity (Wildman–Crippen MR) is 44.6 cm³/mol. The number of nitrogens with zero attached hydrogens (tertiary/aromatic N) is 1. The Labute approximate surface area is 76.0 Å². The summed E-state index contributed by atoms with van der Waals surface area (Å²) in [5.74, 6) is -1.04. The minimum atomic E-state index is -1.13. The minimum absolute atomic E-state index is 0.340. The molecule has 0 spiro atoms. The SMILES string of the molecule is O=C(O)[C@H]1CCCCCN1C(=O)O. The zero-order valence-corrected chi connectivity index (χ0v) is 7.27. The maximum Gasteiger partial charge on any atom is 0.408 e. The van der Waals surface area contributed by atoms with Crippen LogP contribution >= 0.6 is 0 Å². The zero-order valence-electron chi connectivity index (χ0n) is 7.27. The second kappa shape index (κ2) is 4.11. The van der Waals surface area contributed by atoms with Crippen molar-refractivity contribution in [3.05, 3.63) is 0 Å². The van der Waals surface area contributed by atoms with E-state index in [1.165, 1.54) is 0 Å². The summed E-state index contributed by atoms with van der Waals surface area (Å²) in [6.07, 6.45) is 1.76. The third kappa shape index (κ3) is 2.34. The molecule has 5 nitrogen and oxygen atoms in total. The van der Waals surface area contributed by atoms with Gasteiger partial charge < -0.3 is 10.2 Å². The maximum atomic E-state index is 10.7. The largest absolute Gasteiger partial charge is 0.480 e. The number of rotatable bonds is 1. The van der Waals surface area contributed by atoms with Crippen molar-refractivity contribution in [2.75, 3.05) is 6.54 Å². The third-order valence-corrected chi connectivity index (χ3v) is 2.28. The van der Waals surface area contributed by atoms with E-state index in [1.807, 2.05) is 0 Å². The van der Waals surface area contributed by atoms with Crippen molar-refractivity contribution in [2.45, 2.75) is 31.7 Å². The normalized spacial score (nSPS) is 23.7. The van der Waals surface area contributed by atoms with Crippen LogP contribution in [-0.2, 0) is 4.79 Å². The lowest BCUT2D eigenvalue weighted by molar-refractivity contribution is -0.142. The Hall–Kier alpha value is -1.26. The summed E-state index contributed by atoms with van der Waals surface area (Å²) in [5.41, 5.74) is 0. The number of hydrogen-bond acceptors (Lipinski definition) is 2. The zero-order chi connectivity index (χ0) is 9.84. The van der Waals surface area contributed by atoms with Gasteiger partial charge in [-0.05, 0) is 12.8 Å². The molecule has 0 radical (unpaired) electrons. The Morgan fingerprint density at radius 3 is 2.38 bits per heavy atom. The second-order valence-corrected chi connectivity index (χ2v) is 3.18. The highest BCUT2D eigenvalue weighted by Crippen LogP contribution is 2.16. The molecule has 1 aliphatic heterocycles. The van der Waals surface area contributed by atoms with Gasteiger partial charge in [0, 0.05) is 6.54 Å². The van der Waals surface area contributed by atoms with Gasteiger partial charge in [-0.1, -0.05) is 12.8 Å². The van der Waals surface area contributed by atoms with Gasteiger partial charge >= 0.3 is 12.1 Å². The van der Waals surface area contributed by atoms with Crippen molar-refractivity contribution in [3.8, 4) is 0 Å². The molecule has 1 rings (SSSR count). The van der Waals surface area contributed by atoms with E-state index in [-0.39, 0.29) is 0 Å². The molecular formula is C8H13NO4. The summed E-state index contributed by atoms with van der Waals surface area (Å²) in [6, 6.07) is -0.847. The summed E-state index contributed by atoms with van der Waals surface area (Å²) < 4.78 is 0. The maximum absolute atomic E-state index is 10.7. The van der Waals surface area contributed by atoms with Gasteiger partial charge in [0.05, 0.1) is 0 Å². The summed E-state index contributed by atoms with van der Waals surface area (Å²) in [4.78, 5) is 22.4. The fourth-order valence-electron chi connectivity index (χ4n) is 1.59. The van der Waals surface area contributed by atoms with E-state index in [0.717, 1.165) is 24.2 Å². The Balaban J connectivity index is 2.72. The number of hydrogen-bond donors (Lipinski definition) is 2. The minimum Gasteiger partial charge on any atom is -0.480 e. The third-order valence-electron chi connectivity index (χ3n) is 2.28. The molecule has 1 fully saturated rings. The summed E-state index contributed by atoms with van der Waals surface area (Å²) in [6.45, 7) is 0.340. The quantitative estimate of drug-likeness (QED) is 0.641. The van der Waals surface area contributed by atoms with E-state index in [1.54, 1.807) is 0 Å². The van der Waals surface area contributed by atoms with Gasteiger partial charge in [-0.3, -0.25) is 4.90 Å². The fourth-order valence-corrected chi connectivity index (χ4v) is 1.59. The lowest BCUT2D eigenvalue weighted by Gasteiger charge is -2.23. The standard InChI is InChI=1S/C8H13NO4/c10-7(11)6-4-2-1-3-5-9(6)8(12)13/h6H,1-5H2,(H,10,11)(H,12,13)/t6-/m1/s1. The molecule has 0 aromatic heterocycles. The molecular weight excluding hydrogens is 174 g/mol. The first kappa shape index (κ1) is 9.83. The highest BCUT2D eigenvalue weighted by molar-refractivity contribution is 5.79. The lowest BCUT2D eigenvalue weighted by Crippen LogP contribution is -2.43. The number of carbonyl (C=O) groups is 2. The van der Waals surface area contributed by atoms with Crippen LogP contribution in [0, 0.1) is 0 Å². The van der Waals surface area contributed by atoms with Crippen molar-refractivity contribution in [3.63, 3.8) is 0 Å². The average molecular weight is 187 g/mol. The van der Waals surface area contributed by atoms with Crippen LogP contribution in [-0.4, -0.2) is 39.8 Å². The van der Waals surface area contributed by atoms with Crippen LogP contribution in [0.25, 0.3) is 0 Å². The van der Waals surface area contributed by atoms with Crippen molar-refractivity contribution >= 4 is 12.1 Å². The van der Waals surface area contributed by atoms with Gasteiger partial charge in [0.2, 0.25) is 0 Å². The summed E-state index contributed by atoms with van der Waals surface area (Å²) in [5, 5.41) is 17.5. The van der Waals surface area contributed by atoms with Crippen molar-refractivity contribution in [2.24, 2.45) is 0 Å². The van der Waals surface area contributed by atoms with Gasteiger partial charge in [-0.15, -0.1) is 0 Å². The number of amides is 1. The number of likely N-dealkylation sites (tertiary alicyclic amines) is 1. The molecule has 1 heterocycles. The molecule has 0 aromatic rings. The highest BCUT2D eigenvalue weighted by atomic mass is 16.4. The smallest absolute Gasteiger partial charge is 0.408 e. The summed E-state index contributed by atoms with van der Waals surface area (Å²) in [7, 11) is 0. The van der Waals surface area contributed by atoms with Crippen molar-refractivity contribution < 1.29 is 19.8 Å². The highest BCUT2D eigenvalue weighted by Gasteiger charge is 2.30. The van der Waals surface area contributed by atoms with Crippen LogP contribution < -0.4 is 0 Å². The van der Waals surface area contributed by atoms with Gasteiger partial charge in [0.25, 0.3) is 0 Å². The second-order valence-electron chi connectivity index (χ2n) is 3.18. The molecule has 74 valence electrons. The van der Waals surface area contributed by atoms with E-state index in [9.17, 15) is 9.59 Å².